The molecule has 1 heterocycles. The number of aromatic nitrogens is 1. The van der Waals surface area contributed by atoms with Gasteiger partial charge in [-0.3, -0.25) is 4.98 Å². The molecule has 1 fully saturated rings. The van der Waals surface area contributed by atoms with Gasteiger partial charge in [-0.15, -0.1) is 0 Å². The van der Waals surface area contributed by atoms with Crippen LogP contribution in [0.25, 0.3) is 0 Å². The fourth-order valence-electron chi connectivity index (χ4n) is 1.57. The first kappa shape index (κ1) is 10.4. The molecule has 0 spiro atoms. The predicted octanol–water partition coefficient (Wildman–Crippen LogP) is 2.07. The summed E-state index contributed by atoms with van der Waals surface area (Å²) in [7, 11) is 0. The van der Waals surface area contributed by atoms with Gasteiger partial charge in [0.1, 0.15) is 0 Å². The maximum Gasteiger partial charge on any atom is 0.0421 e. The van der Waals surface area contributed by atoms with E-state index in [9.17, 15) is 0 Å². The van der Waals surface area contributed by atoms with E-state index in [0.29, 0.717) is 6.04 Å². The molecule has 0 atom stereocenters. The van der Waals surface area contributed by atoms with E-state index in [4.69, 9.17) is 0 Å². The van der Waals surface area contributed by atoms with Crippen molar-refractivity contribution in [3.63, 3.8) is 0 Å². The molecule has 0 amide bonds. The Kier molecular flexibility index (Phi) is 3.21. The van der Waals surface area contributed by atoms with E-state index in [1.54, 1.807) is 0 Å². The number of nitrogens with one attached hydrogen (secondary N) is 2. The second-order valence-corrected chi connectivity index (χ2v) is 4.18. The summed E-state index contributed by atoms with van der Waals surface area (Å²) in [6.45, 7) is 6.06. The highest BCUT2D eigenvalue weighted by Crippen LogP contribution is 2.26. The van der Waals surface area contributed by atoms with Crippen LogP contribution in [-0.2, 0) is 6.54 Å². The van der Waals surface area contributed by atoms with Gasteiger partial charge in [-0.05, 0) is 32.4 Å². The zero-order valence-corrected chi connectivity index (χ0v) is 9.51. The van der Waals surface area contributed by atoms with Gasteiger partial charge in [-0.1, -0.05) is 6.92 Å². The van der Waals surface area contributed by atoms with Crippen molar-refractivity contribution < 1.29 is 0 Å². The van der Waals surface area contributed by atoms with Gasteiger partial charge in [0.25, 0.3) is 0 Å². The van der Waals surface area contributed by atoms with E-state index in [1.807, 2.05) is 13.1 Å². The first-order valence-electron chi connectivity index (χ1n) is 5.72. The summed E-state index contributed by atoms with van der Waals surface area (Å²) in [6.07, 6.45) is 4.59. The molecule has 0 unspecified atom stereocenters. The topological polar surface area (TPSA) is 37.0 Å². The van der Waals surface area contributed by atoms with Crippen LogP contribution in [0, 0.1) is 6.92 Å². The molecule has 0 aliphatic heterocycles. The summed E-state index contributed by atoms with van der Waals surface area (Å²) in [5.41, 5.74) is 3.61. The van der Waals surface area contributed by atoms with Crippen molar-refractivity contribution in [2.24, 2.45) is 0 Å². The highest BCUT2D eigenvalue weighted by molar-refractivity contribution is 5.52. The van der Waals surface area contributed by atoms with Crippen molar-refractivity contribution in [2.75, 3.05) is 11.9 Å². The molecule has 0 bridgehead atoms. The molecule has 0 radical (unpaired) electrons. The molecule has 2 N–H and O–H groups in total. The minimum Gasteiger partial charge on any atom is -0.382 e. The standard InChI is InChI=1S/C12H19N3/c1-3-13-7-10-8-14-9(2)6-12(10)15-11-4-5-11/h6,8,11,13H,3-5,7H2,1-2H3,(H,14,15). The molecule has 0 aromatic carbocycles. The normalized spacial score (nSPS) is 15.3. The average Bonchev–Trinajstić information content (AvgIpc) is 3.01. The van der Waals surface area contributed by atoms with Crippen LogP contribution in [0.5, 0.6) is 0 Å². The largest absolute Gasteiger partial charge is 0.382 e. The summed E-state index contributed by atoms with van der Waals surface area (Å²) in [4.78, 5) is 4.34. The van der Waals surface area contributed by atoms with E-state index in [2.05, 4.69) is 28.6 Å². The van der Waals surface area contributed by atoms with Gasteiger partial charge >= 0.3 is 0 Å². The molecular formula is C12H19N3. The highest BCUT2D eigenvalue weighted by atomic mass is 15.0. The zero-order chi connectivity index (χ0) is 10.7. The first-order valence-corrected chi connectivity index (χ1v) is 5.72. The lowest BCUT2D eigenvalue weighted by molar-refractivity contribution is 0.724. The van der Waals surface area contributed by atoms with Gasteiger partial charge in [0, 0.05) is 35.7 Å². The molecule has 3 heteroatoms. The lowest BCUT2D eigenvalue weighted by Gasteiger charge is -2.12. The third-order valence-corrected chi connectivity index (χ3v) is 2.63. The third-order valence-electron chi connectivity index (χ3n) is 2.63. The molecule has 3 nitrogen and oxygen atoms in total. The van der Waals surface area contributed by atoms with Gasteiger partial charge in [-0.2, -0.15) is 0 Å². The fourth-order valence-corrected chi connectivity index (χ4v) is 1.57. The van der Waals surface area contributed by atoms with E-state index in [0.717, 1.165) is 18.8 Å². The molecule has 1 aliphatic rings. The van der Waals surface area contributed by atoms with Crippen LogP contribution in [0.15, 0.2) is 12.3 Å². The SMILES string of the molecule is CCNCc1cnc(C)cc1NC1CC1. The lowest BCUT2D eigenvalue weighted by Crippen LogP contribution is -2.14. The molecule has 1 aromatic heterocycles. The quantitative estimate of drug-likeness (QED) is 0.772. The molecule has 1 saturated carbocycles. The van der Waals surface area contributed by atoms with E-state index < -0.39 is 0 Å². The number of rotatable bonds is 5. The van der Waals surface area contributed by atoms with Gasteiger partial charge < -0.3 is 10.6 Å². The van der Waals surface area contributed by atoms with Crippen LogP contribution in [-0.4, -0.2) is 17.6 Å². The monoisotopic (exact) mass is 205 g/mol. The summed E-state index contributed by atoms with van der Waals surface area (Å²) < 4.78 is 0. The summed E-state index contributed by atoms with van der Waals surface area (Å²) in [6, 6.07) is 2.84. The molecule has 2 rings (SSSR count). The molecule has 1 aromatic rings. The van der Waals surface area contributed by atoms with Crippen LogP contribution >= 0.6 is 0 Å². The predicted molar refractivity (Wildman–Crippen MR) is 63.0 cm³/mol. The Balaban J connectivity index is 2.10. The second kappa shape index (κ2) is 4.62. The Morgan fingerprint density at radius 1 is 1.47 bits per heavy atom. The van der Waals surface area contributed by atoms with Gasteiger partial charge in [0.05, 0.1) is 0 Å². The Hall–Kier alpha value is -1.09. The summed E-state index contributed by atoms with van der Waals surface area (Å²) >= 11 is 0. The smallest absolute Gasteiger partial charge is 0.0421 e. The zero-order valence-electron chi connectivity index (χ0n) is 9.51. The average molecular weight is 205 g/mol. The number of hydrogen-bond acceptors (Lipinski definition) is 3. The van der Waals surface area contributed by atoms with Crippen molar-refractivity contribution in [3.8, 4) is 0 Å². The number of hydrogen-bond donors (Lipinski definition) is 2. The van der Waals surface area contributed by atoms with Crippen molar-refractivity contribution in [2.45, 2.75) is 39.3 Å². The van der Waals surface area contributed by atoms with E-state index in [-0.39, 0.29) is 0 Å². The lowest BCUT2D eigenvalue weighted by atomic mass is 10.2. The number of pyridine rings is 1. The number of aryl methyl sites for hydroxylation is 1. The highest BCUT2D eigenvalue weighted by Gasteiger charge is 2.21. The maximum atomic E-state index is 4.34. The molecule has 15 heavy (non-hydrogen) atoms. The number of nitrogens with zero attached hydrogens (tertiary/aromatic N) is 1. The van der Waals surface area contributed by atoms with E-state index >= 15 is 0 Å². The summed E-state index contributed by atoms with van der Waals surface area (Å²) in [5.74, 6) is 0. The van der Waals surface area contributed by atoms with Gasteiger partial charge in [0.15, 0.2) is 0 Å². The molecule has 0 saturated heterocycles. The molecular weight excluding hydrogens is 186 g/mol. The number of anilines is 1. The summed E-state index contributed by atoms with van der Waals surface area (Å²) in [5, 5.41) is 6.89. The third kappa shape index (κ3) is 2.93. The second-order valence-electron chi connectivity index (χ2n) is 4.18. The van der Waals surface area contributed by atoms with Gasteiger partial charge in [0.2, 0.25) is 0 Å². The van der Waals surface area contributed by atoms with Crippen LogP contribution in [0.4, 0.5) is 5.69 Å². The Bertz CT molecular complexity index is 332. The Labute approximate surface area is 91.3 Å². The minimum absolute atomic E-state index is 0.701. The van der Waals surface area contributed by atoms with Crippen molar-refractivity contribution >= 4 is 5.69 Å². The van der Waals surface area contributed by atoms with Gasteiger partial charge in [-0.25, -0.2) is 0 Å². The van der Waals surface area contributed by atoms with Crippen LogP contribution in [0.2, 0.25) is 0 Å². The van der Waals surface area contributed by atoms with Crippen molar-refractivity contribution in [1.82, 2.24) is 10.3 Å². The van der Waals surface area contributed by atoms with Crippen LogP contribution in [0.3, 0.4) is 0 Å². The molecule has 82 valence electrons. The molecule has 1 aliphatic carbocycles. The van der Waals surface area contributed by atoms with Crippen LogP contribution < -0.4 is 10.6 Å². The van der Waals surface area contributed by atoms with Crippen LogP contribution in [0.1, 0.15) is 31.0 Å². The minimum atomic E-state index is 0.701. The Morgan fingerprint density at radius 3 is 2.93 bits per heavy atom. The van der Waals surface area contributed by atoms with E-state index in [1.165, 1.54) is 24.1 Å². The maximum absolute atomic E-state index is 4.34. The van der Waals surface area contributed by atoms with Crippen molar-refractivity contribution in [1.29, 1.82) is 0 Å². The first-order chi connectivity index (χ1) is 7.29. The fraction of sp³-hybridized carbons (Fsp3) is 0.583. The Morgan fingerprint density at radius 2 is 2.27 bits per heavy atom. The van der Waals surface area contributed by atoms with Crippen molar-refractivity contribution in [3.05, 3.63) is 23.5 Å².